The fourth-order valence-corrected chi connectivity index (χ4v) is 1.58. The number of phenolic OH excluding ortho intramolecular Hbond substituents is 1. The molecule has 1 unspecified atom stereocenters. The van der Waals surface area contributed by atoms with E-state index < -0.39 is 6.04 Å². The maximum atomic E-state index is 9.65. The van der Waals surface area contributed by atoms with Gasteiger partial charge in [0.15, 0.2) is 0 Å². The van der Waals surface area contributed by atoms with Crippen LogP contribution in [0.15, 0.2) is 16.6 Å². The van der Waals surface area contributed by atoms with Crippen LogP contribution in [0.3, 0.4) is 0 Å². The Morgan fingerprint density at radius 3 is 2.86 bits per heavy atom. The Morgan fingerprint density at radius 2 is 2.29 bits per heavy atom. The number of nitriles is 1. The maximum Gasteiger partial charge on any atom is 0.136 e. The number of nitrogens with zero attached hydrogens (tertiary/aromatic N) is 1. The third-order valence-electron chi connectivity index (χ3n) is 1.81. The number of rotatable bonds is 2. The van der Waals surface area contributed by atoms with Gasteiger partial charge in [-0.2, -0.15) is 5.26 Å². The summed E-state index contributed by atoms with van der Waals surface area (Å²) in [5, 5.41) is 18.5. The SMILES string of the molecule is N#CCC(N)c1ccc(Cl)c(Br)c1O. The van der Waals surface area contributed by atoms with Gasteiger partial charge in [-0.25, -0.2) is 0 Å². The second-order valence-electron chi connectivity index (χ2n) is 2.77. The summed E-state index contributed by atoms with van der Waals surface area (Å²) in [6.07, 6.45) is 0.154. The van der Waals surface area contributed by atoms with Gasteiger partial charge in [-0.1, -0.05) is 17.7 Å². The van der Waals surface area contributed by atoms with E-state index in [1.54, 1.807) is 12.1 Å². The Hall–Kier alpha value is -0.760. The van der Waals surface area contributed by atoms with Crippen LogP contribution in [0.1, 0.15) is 18.0 Å². The molecule has 0 radical (unpaired) electrons. The molecule has 1 atom stereocenters. The minimum absolute atomic E-state index is 0.000231. The average molecular weight is 276 g/mol. The van der Waals surface area contributed by atoms with E-state index in [-0.39, 0.29) is 12.2 Å². The van der Waals surface area contributed by atoms with Crippen LogP contribution >= 0.6 is 27.5 Å². The first-order chi connectivity index (χ1) is 6.57. The molecule has 1 rings (SSSR count). The lowest BCUT2D eigenvalue weighted by molar-refractivity contribution is 0.458. The number of nitrogens with two attached hydrogens (primary N) is 1. The van der Waals surface area contributed by atoms with Crippen molar-refractivity contribution in [2.45, 2.75) is 12.5 Å². The molecular weight excluding hydrogens is 267 g/mol. The van der Waals surface area contributed by atoms with Crippen molar-refractivity contribution >= 4 is 27.5 Å². The van der Waals surface area contributed by atoms with Crippen molar-refractivity contribution in [3.8, 4) is 11.8 Å². The van der Waals surface area contributed by atoms with Gasteiger partial charge in [0.25, 0.3) is 0 Å². The smallest absolute Gasteiger partial charge is 0.136 e. The largest absolute Gasteiger partial charge is 0.506 e. The molecule has 14 heavy (non-hydrogen) atoms. The van der Waals surface area contributed by atoms with Gasteiger partial charge in [0.05, 0.1) is 22.0 Å². The average Bonchev–Trinajstić information content (AvgIpc) is 2.15. The molecular formula is C9H8BrClN2O. The molecule has 1 aromatic rings. The van der Waals surface area contributed by atoms with E-state index in [0.29, 0.717) is 15.1 Å². The number of phenols is 1. The summed E-state index contributed by atoms with van der Waals surface area (Å²) in [6, 6.07) is 4.69. The molecule has 0 amide bonds. The van der Waals surface area contributed by atoms with Gasteiger partial charge in [0, 0.05) is 11.6 Å². The second-order valence-corrected chi connectivity index (χ2v) is 3.97. The van der Waals surface area contributed by atoms with Crippen LogP contribution in [0, 0.1) is 11.3 Å². The Bertz CT molecular complexity index is 389. The maximum absolute atomic E-state index is 9.65. The van der Waals surface area contributed by atoms with Crippen LogP contribution < -0.4 is 5.73 Å². The molecule has 0 spiro atoms. The van der Waals surface area contributed by atoms with E-state index in [0.717, 1.165) is 0 Å². The lowest BCUT2D eigenvalue weighted by Crippen LogP contribution is -2.09. The molecule has 74 valence electrons. The van der Waals surface area contributed by atoms with Gasteiger partial charge in [-0.05, 0) is 22.0 Å². The van der Waals surface area contributed by atoms with Crippen molar-refractivity contribution in [1.29, 1.82) is 5.26 Å². The van der Waals surface area contributed by atoms with E-state index in [1.165, 1.54) is 0 Å². The van der Waals surface area contributed by atoms with Crippen molar-refractivity contribution in [2.24, 2.45) is 5.73 Å². The van der Waals surface area contributed by atoms with Gasteiger partial charge >= 0.3 is 0 Å². The molecule has 1 aromatic carbocycles. The Morgan fingerprint density at radius 1 is 1.64 bits per heavy atom. The van der Waals surface area contributed by atoms with Crippen molar-refractivity contribution in [1.82, 2.24) is 0 Å². The number of halogens is 2. The second kappa shape index (κ2) is 4.65. The van der Waals surface area contributed by atoms with Crippen molar-refractivity contribution in [3.05, 3.63) is 27.2 Å². The lowest BCUT2D eigenvalue weighted by Gasteiger charge is -2.11. The summed E-state index contributed by atoms with van der Waals surface area (Å²) >= 11 is 8.88. The van der Waals surface area contributed by atoms with Crippen molar-refractivity contribution < 1.29 is 5.11 Å². The molecule has 0 fully saturated rings. The fourth-order valence-electron chi connectivity index (χ4n) is 1.06. The Labute approximate surface area is 95.2 Å². The monoisotopic (exact) mass is 274 g/mol. The molecule has 0 aliphatic carbocycles. The predicted octanol–water partition coefficient (Wildman–Crippen LogP) is 2.72. The van der Waals surface area contributed by atoms with Crippen LogP contribution in [0.5, 0.6) is 5.75 Å². The van der Waals surface area contributed by atoms with Gasteiger partial charge in [-0.15, -0.1) is 0 Å². The minimum Gasteiger partial charge on any atom is -0.506 e. The molecule has 0 saturated heterocycles. The highest BCUT2D eigenvalue weighted by atomic mass is 79.9. The van der Waals surface area contributed by atoms with Gasteiger partial charge in [0.1, 0.15) is 5.75 Å². The van der Waals surface area contributed by atoms with E-state index in [1.807, 2.05) is 6.07 Å². The summed E-state index contributed by atoms with van der Waals surface area (Å²) in [5.74, 6) is 0.000231. The van der Waals surface area contributed by atoms with E-state index in [2.05, 4.69) is 15.9 Å². The Kier molecular flexibility index (Phi) is 3.76. The predicted molar refractivity (Wildman–Crippen MR) is 58.0 cm³/mol. The zero-order valence-electron chi connectivity index (χ0n) is 7.17. The summed E-state index contributed by atoms with van der Waals surface area (Å²) < 4.78 is 0.407. The summed E-state index contributed by atoms with van der Waals surface area (Å²) in [5.41, 5.74) is 6.20. The molecule has 3 nitrogen and oxygen atoms in total. The first kappa shape index (κ1) is 11.3. The topological polar surface area (TPSA) is 70.0 Å². The van der Waals surface area contributed by atoms with Crippen molar-refractivity contribution in [2.75, 3.05) is 0 Å². The highest BCUT2D eigenvalue weighted by Crippen LogP contribution is 2.37. The first-order valence-electron chi connectivity index (χ1n) is 3.87. The summed E-state index contributed by atoms with van der Waals surface area (Å²) in [6.45, 7) is 0. The zero-order valence-corrected chi connectivity index (χ0v) is 9.51. The van der Waals surface area contributed by atoms with Gasteiger partial charge in [-0.3, -0.25) is 0 Å². The third-order valence-corrected chi connectivity index (χ3v) is 3.16. The molecule has 0 aromatic heterocycles. The van der Waals surface area contributed by atoms with Gasteiger partial charge < -0.3 is 10.8 Å². The first-order valence-corrected chi connectivity index (χ1v) is 5.04. The van der Waals surface area contributed by atoms with Gasteiger partial charge in [0.2, 0.25) is 0 Å². The van der Waals surface area contributed by atoms with Crippen molar-refractivity contribution in [3.63, 3.8) is 0 Å². The van der Waals surface area contributed by atoms with Crippen LogP contribution in [0.4, 0.5) is 0 Å². The molecule has 0 heterocycles. The normalized spacial score (nSPS) is 12.1. The zero-order chi connectivity index (χ0) is 10.7. The molecule has 0 bridgehead atoms. The van der Waals surface area contributed by atoms with Crippen LogP contribution in [0.2, 0.25) is 5.02 Å². The van der Waals surface area contributed by atoms with E-state index in [9.17, 15) is 5.11 Å². The standard InChI is InChI=1S/C9H8BrClN2O/c10-8-6(11)2-1-5(9(8)14)7(13)3-4-12/h1-2,7,14H,3,13H2. The number of hydrogen-bond acceptors (Lipinski definition) is 3. The third kappa shape index (κ3) is 2.18. The molecule has 0 aliphatic heterocycles. The van der Waals surface area contributed by atoms with Crippen LogP contribution in [0.25, 0.3) is 0 Å². The van der Waals surface area contributed by atoms with E-state index >= 15 is 0 Å². The quantitative estimate of drug-likeness (QED) is 0.872. The highest BCUT2D eigenvalue weighted by Gasteiger charge is 2.14. The summed E-state index contributed by atoms with van der Waals surface area (Å²) in [7, 11) is 0. The fraction of sp³-hybridized carbons (Fsp3) is 0.222. The number of hydrogen-bond donors (Lipinski definition) is 2. The number of benzene rings is 1. The highest BCUT2D eigenvalue weighted by molar-refractivity contribution is 9.10. The van der Waals surface area contributed by atoms with E-state index in [4.69, 9.17) is 22.6 Å². The summed E-state index contributed by atoms with van der Waals surface area (Å²) in [4.78, 5) is 0. The van der Waals surface area contributed by atoms with Crippen LogP contribution in [-0.2, 0) is 0 Å². The minimum atomic E-state index is -0.492. The molecule has 5 heteroatoms. The lowest BCUT2D eigenvalue weighted by atomic mass is 10.0. The Balaban J connectivity index is 3.12. The molecule has 3 N–H and O–H groups in total. The molecule has 0 aliphatic rings. The molecule has 0 saturated carbocycles. The van der Waals surface area contributed by atoms with Crippen LogP contribution in [-0.4, -0.2) is 5.11 Å². The number of aromatic hydroxyl groups is 1.